The van der Waals surface area contributed by atoms with Gasteiger partial charge in [0.2, 0.25) is 6.79 Å². The zero-order chi connectivity index (χ0) is 15.5. The van der Waals surface area contributed by atoms with Gasteiger partial charge in [0.1, 0.15) is 0 Å². The lowest BCUT2D eigenvalue weighted by Gasteiger charge is -2.34. The van der Waals surface area contributed by atoms with E-state index in [2.05, 4.69) is 10.2 Å². The Morgan fingerprint density at radius 2 is 1.96 bits per heavy atom. The molecule has 0 aliphatic carbocycles. The second-order valence-electron chi connectivity index (χ2n) is 5.34. The van der Waals surface area contributed by atoms with E-state index in [9.17, 15) is 15.2 Å². The summed E-state index contributed by atoms with van der Waals surface area (Å²) < 4.78 is 10.6. The summed E-state index contributed by atoms with van der Waals surface area (Å²) in [7, 11) is 0. The largest absolute Gasteiger partial charge is 0.454 e. The number of aliphatic hydroxyl groups is 1. The summed E-state index contributed by atoms with van der Waals surface area (Å²) in [5, 5.41) is 24.1. The minimum atomic E-state index is -0.399. The van der Waals surface area contributed by atoms with E-state index in [0.717, 1.165) is 26.2 Å². The number of hydrogen-bond donors (Lipinski definition) is 2. The Bertz CT molecular complexity index is 566. The summed E-state index contributed by atoms with van der Waals surface area (Å²) >= 11 is 0. The summed E-state index contributed by atoms with van der Waals surface area (Å²) in [5.41, 5.74) is 0.589. The summed E-state index contributed by atoms with van der Waals surface area (Å²) in [6.45, 7) is 3.29. The second kappa shape index (κ2) is 7.78. The fourth-order valence-corrected chi connectivity index (χ4v) is 3.02. The molecule has 1 aromatic rings. The molecule has 1 fully saturated rings. The third kappa shape index (κ3) is 3.66. The molecule has 0 saturated carbocycles. The Morgan fingerprint density at radius 3 is 2.57 bits per heavy atom. The maximum Gasteiger partial charge on any atom is 0.278 e. The molecule has 3 rings (SSSR count). The van der Waals surface area contributed by atoms with Gasteiger partial charge in [-0.2, -0.15) is 0 Å². The van der Waals surface area contributed by atoms with Crippen LogP contribution in [-0.2, 0) is 0 Å². The molecule has 0 unspecified atom stereocenters. The van der Waals surface area contributed by atoms with Crippen molar-refractivity contribution >= 4 is 18.1 Å². The van der Waals surface area contributed by atoms with Crippen molar-refractivity contribution in [2.45, 2.75) is 12.5 Å². The molecule has 0 bridgehead atoms. The van der Waals surface area contributed by atoms with Crippen molar-refractivity contribution in [1.82, 2.24) is 10.2 Å². The first-order chi connectivity index (χ1) is 10.7. The Labute approximate surface area is 139 Å². The van der Waals surface area contributed by atoms with Gasteiger partial charge in [-0.05, 0) is 12.5 Å². The van der Waals surface area contributed by atoms with Crippen LogP contribution in [0.4, 0.5) is 5.69 Å². The van der Waals surface area contributed by atoms with Gasteiger partial charge in [0, 0.05) is 38.8 Å². The lowest BCUT2D eigenvalue weighted by Crippen LogP contribution is -2.45. The van der Waals surface area contributed by atoms with E-state index in [-0.39, 0.29) is 37.5 Å². The van der Waals surface area contributed by atoms with E-state index in [1.54, 1.807) is 6.07 Å². The van der Waals surface area contributed by atoms with Crippen molar-refractivity contribution < 1.29 is 19.5 Å². The first kappa shape index (κ1) is 17.7. The fraction of sp³-hybridized carbons (Fsp3) is 0.571. The molecule has 2 aliphatic rings. The summed E-state index contributed by atoms with van der Waals surface area (Å²) in [6, 6.07) is 2.90. The molecule has 8 nitrogen and oxygen atoms in total. The molecule has 1 aromatic carbocycles. The van der Waals surface area contributed by atoms with Crippen LogP contribution in [0.15, 0.2) is 12.1 Å². The third-order valence-corrected chi connectivity index (χ3v) is 4.07. The first-order valence-electron chi connectivity index (χ1n) is 7.34. The highest BCUT2D eigenvalue weighted by Crippen LogP contribution is 2.42. The lowest BCUT2D eigenvalue weighted by atomic mass is 9.98. The number of nitrogens with one attached hydrogen (secondary N) is 1. The number of ether oxygens (including phenoxy) is 2. The predicted molar refractivity (Wildman–Crippen MR) is 85.4 cm³/mol. The Morgan fingerprint density at radius 1 is 1.30 bits per heavy atom. The van der Waals surface area contributed by atoms with Gasteiger partial charge in [0.15, 0.2) is 11.5 Å². The smallest absolute Gasteiger partial charge is 0.278 e. The van der Waals surface area contributed by atoms with Crippen molar-refractivity contribution in [3.8, 4) is 11.5 Å². The monoisotopic (exact) mass is 345 g/mol. The number of rotatable bonds is 5. The zero-order valence-electron chi connectivity index (χ0n) is 12.6. The zero-order valence-corrected chi connectivity index (χ0v) is 13.4. The van der Waals surface area contributed by atoms with Gasteiger partial charge in [-0.15, -0.1) is 12.4 Å². The van der Waals surface area contributed by atoms with Gasteiger partial charge >= 0.3 is 0 Å². The fourth-order valence-electron chi connectivity index (χ4n) is 3.02. The number of piperazine rings is 1. The molecule has 9 heteroatoms. The van der Waals surface area contributed by atoms with Crippen LogP contribution in [0.1, 0.15) is 18.0 Å². The molecular formula is C14H20ClN3O5. The van der Waals surface area contributed by atoms with E-state index in [1.807, 2.05) is 0 Å². The number of nitro groups is 1. The van der Waals surface area contributed by atoms with Crippen LogP contribution in [0, 0.1) is 10.1 Å². The third-order valence-electron chi connectivity index (χ3n) is 4.07. The standard InChI is InChI=1S/C14H19N3O5.ClH/c18-6-1-11(16-4-2-15-3-5-16)10-7-13-14(22-9-21-13)8-12(10)17(19)20;/h7-8,11,15,18H,1-6,9H2;1H/t11-;/m0./s1. The molecule has 0 radical (unpaired) electrons. The highest BCUT2D eigenvalue weighted by Gasteiger charge is 2.31. The lowest BCUT2D eigenvalue weighted by molar-refractivity contribution is -0.386. The SMILES string of the molecule is Cl.O=[N+]([O-])c1cc2c(cc1[C@H](CCO)N1CCNCC1)OCO2. The van der Waals surface area contributed by atoms with E-state index < -0.39 is 4.92 Å². The van der Waals surface area contributed by atoms with E-state index in [0.29, 0.717) is 23.5 Å². The van der Waals surface area contributed by atoms with Crippen molar-refractivity contribution in [1.29, 1.82) is 0 Å². The van der Waals surface area contributed by atoms with Crippen LogP contribution >= 0.6 is 12.4 Å². The van der Waals surface area contributed by atoms with Crippen LogP contribution in [0.25, 0.3) is 0 Å². The van der Waals surface area contributed by atoms with E-state index in [4.69, 9.17) is 9.47 Å². The van der Waals surface area contributed by atoms with E-state index in [1.165, 1.54) is 6.07 Å². The molecule has 2 heterocycles. The van der Waals surface area contributed by atoms with Gasteiger partial charge in [-0.3, -0.25) is 15.0 Å². The van der Waals surface area contributed by atoms with Gasteiger partial charge in [-0.1, -0.05) is 0 Å². The number of hydrogen-bond acceptors (Lipinski definition) is 7. The molecule has 128 valence electrons. The minimum absolute atomic E-state index is 0. The number of aliphatic hydroxyl groups excluding tert-OH is 1. The average Bonchev–Trinajstić information content (AvgIpc) is 2.99. The Hall–Kier alpha value is -1.61. The summed E-state index contributed by atoms with van der Waals surface area (Å²) in [6.07, 6.45) is 0.445. The average molecular weight is 346 g/mol. The number of benzene rings is 1. The second-order valence-corrected chi connectivity index (χ2v) is 5.34. The van der Waals surface area contributed by atoms with Crippen molar-refractivity contribution in [3.63, 3.8) is 0 Å². The Balaban J connectivity index is 0.00000192. The predicted octanol–water partition coefficient (Wildman–Crippen LogP) is 1.07. The normalized spacial score (nSPS) is 18.3. The van der Waals surface area contributed by atoms with Gasteiger partial charge in [0.25, 0.3) is 5.69 Å². The van der Waals surface area contributed by atoms with E-state index >= 15 is 0 Å². The van der Waals surface area contributed by atoms with Crippen LogP contribution in [-0.4, -0.2) is 54.5 Å². The molecule has 1 saturated heterocycles. The van der Waals surface area contributed by atoms with Crippen LogP contribution in [0.5, 0.6) is 11.5 Å². The molecule has 23 heavy (non-hydrogen) atoms. The summed E-state index contributed by atoms with van der Waals surface area (Å²) in [5.74, 6) is 0.928. The number of nitro benzene ring substituents is 1. The first-order valence-corrected chi connectivity index (χ1v) is 7.34. The van der Waals surface area contributed by atoms with Gasteiger partial charge in [0.05, 0.1) is 16.6 Å². The van der Waals surface area contributed by atoms with Crippen molar-refractivity contribution in [3.05, 3.63) is 27.8 Å². The molecule has 0 amide bonds. The van der Waals surface area contributed by atoms with Crippen LogP contribution in [0.2, 0.25) is 0 Å². The topological polar surface area (TPSA) is 97.1 Å². The molecule has 0 spiro atoms. The maximum absolute atomic E-state index is 11.4. The highest BCUT2D eigenvalue weighted by atomic mass is 35.5. The van der Waals surface area contributed by atoms with Crippen molar-refractivity contribution in [2.24, 2.45) is 0 Å². The minimum Gasteiger partial charge on any atom is -0.454 e. The van der Waals surface area contributed by atoms with Crippen LogP contribution < -0.4 is 14.8 Å². The number of nitrogens with zero attached hydrogens (tertiary/aromatic N) is 2. The quantitative estimate of drug-likeness (QED) is 0.608. The number of halogens is 1. The van der Waals surface area contributed by atoms with Crippen LogP contribution in [0.3, 0.4) is 0 Å². The maximum atomic E-state index is 11.4. The summed E-state index contributed by atoms with van der Waals surface area (Å²) in [4.78, 5) is 13.2. The van der Waals surface area contributed by atoms with Gasteiger partial charge in [-0.25, -0.2) is 0 Å². The molecular weight excluding hydrogens is 326 g/mol. The highest BCUT2D eigenvalue weighted by molar-refractivity contribution is 5.85. The Kier molecular flexibility index (Phi) is 6.00. The van der Waals surface area contributed by atoms with Gasteiger partial charge < -0.3 is 19.9 Å². The molecule has 0 aromatic heterocycles. The number of fused-ring (bicyclic) bond motifs is 1. The van der Waals surface area contributed by atoms with Crippen molar-refractivity contribution in [2.75, 3.05) is 39.6 Å². The molecule has 2 N–H and O–H groups in total. The molecule has 1 atom stereocenters. The molecule has 2 aliphatic heterocycles.